The lowest BCUT2D eigenvalue weighted by Gasteiger charge is -2.10. The van der Waals surface area contributed by atoms with E-state index in [-0.39, 0.29) is 0 Å². The number of hydrogen-bond acceptors (Lipinski definition) is 0. The summed E-state index contributed by atoms with van der Waals surface area (Å²) in [6.07, 6.45) is -16.9. The number of alkyl halides is 9. The quantitative estimate of drug-likeness (QED) is 0.0702. The van der Waals surface area contributed by atoms with Crippen molar-refractivity contribution in [3.05, 3.63) is 104 Å². The van der Waals surface area contributed by atoms with Crippen LogP contribution in [0.5, 0.6) is 0 Å². The number of rotatable bonds is 0. The third-order valence-electron chi connectivity index (χ3n) is 4.48. The van der Waals surface area contributed by atoms with Gasteiger partial charge in [-0.25, -0.2) is 65.9 Å². The minimum Gasteiger partial charge on any atom is -0.203 e. The zero-order chi connectivity index (χ0) is 37.9. The van der Waals surface area contributed by atoms with Crippen LogP contribution < -0.4 is 0 Å². The Balaban J connectivity index is 0.000000657. The standard InChI is InChI=1S/3C7F8.ClH3Si/c3*8-2-1(7(13,14)15)3(9)5(11)6(12)4(2)10;1-2/h;;;2H3. The van der Waals surface area contributed by atoms with Crippen LogP contribution in [0.3, 0.4) is 0 Å². The molecule has 0 nitrogen and oxygen atoms in total. The van der Waals surface area contributed by atoms with E-state index in [1.165, 1.54) is 0 Å². The topological polar surface area (TPSA) is 0 Å². The van der Waals surface area contributed by atoms with E-state index < -0.39 is 122 Å². The molecule has 0 aromatic heterocycles. The van der Waals surface area contributed by atoms with Gasteiger partial charge in [0.2, 0.25) is 17.5 Å². The van der Waals surface area contributed by atoms with Crippen LogP contribution >= 0.6 is 11.1 Å². The zero-order valence-electron chi connectivity index (χ0n) is 20.9. The van der Waals surface area contributed by atoms with Crippen LogP contribution in [0.4, 0.5) is 105 Å². The van der Waals surface area contributed by atoms with E-state index in [0.29, 0.717) is 0 Å². The van der Waals surface area contributed by atoms with Gasteiger partial charge in [-0.1, -0.05) is 0 Å². The maximum absolute atomic E-state index is 12.5. The van der Waals surface area contributed by atoms with Crippen LogP contribution in [0, 0.1) is 87.3 Å². The van der Waals surface area contributed by atoms with Crippen LogP contribution in [-0.2, 0) is 18.5 Å². The van der Waals surface area contributed by atoms with Crippen LogP contribution in [0.15, 0.2) is 0 Å². The van der Waals surface area contributed by atoms with Gasteiger partial charge in [0.25, 0.3) is 0 Å². The molecule has 0 amide bonds. The Hall–Kier alpha value is -3.51. The molecule has 0 aliphatic heterocycles. The van der Waals surface area contributed by atoms with Crippen molar-refractivity contribution >= 4 is 20.6 Å². The predicted molar refractivity (Wildman–Crippen MR) is 109 cm³/mol. The largest absolute Gasteiger partial charge is 0.422 e. The smallest absolute Gasteiger partial charge is 0.203 e. The molecule has 3 rings (SSSR count). The molecule has 0 unspecified atom stereocenters. The second-order valence-corrected chi connectivity index (χ2v) is 7.33. The molecule has 47 heavy (non-hydrogen) atoms. The molecule has 3 aromatic carbocycles. The van der Waals surface area contributed by atoms with Gasteiger partial charge in [-0.3, -0.25) is 0 Å². The zero-order valence-corrected chi connectivity index (χ0v) is 23.7. The van der Waals surface area contributed by atoms with Gasteiger partial charge in [0.15, 0.2) is 69.8 Å². The third-order valence-corrected chi connectivity index (χ3v) is 4.48. The van der Waals surface area contributed by atoms with Crippen LogP contribution in [0.1, 0.15) is 16.7 Å². The first-order valence-electron chi connectivity index (χ1n) is 10.2. The summed E-state index contributed by atoms with van der Waals surface area (Å²) in [5, 5.41) is 0. The van der Waals surface area contributed by atoms with E-state index in [4.69, 9.17) is 11.1 Å². The third kappa shape index (κ3) is 9.31. The molecule has 0 radical (unpaired) electrons. The monoisotopic (exact) mass is 774 g/mol. The minimum absolute atomic E-state index is 0.778. The van der Waals surface area contributed by atoms with E-state index in [9.17, 15) is 105 Å². The average Bonchev–Trinajstić information content (AvgIpc) is 2.94. The van der Waals surface area contributed by atoms with E-state index in [2.05, 4.69) is 0 Å². The molecular weight excluding hydrogens is 772 g/mol. The fraction of sp³-hybridized carbons (Fsp3) is 0.143. The van der Waals surface area contributed by atoms with Gasteiger partial charge in [-0.05, 0) is 0 Å². The Kier molecular flexibility index (Phi) is 14.4. The molecular formula is C21H3ClF24Si. The molecule has 3 aromatic rings. The van der Waals surface area contributed by atoms with Crippen LogP contribution in [0.2, 0.25) is 0 Å². The first-order chi connectivity index (χ1) is 21.0. The maximum atomic E-state index is 12.5. The van der Waals surface area contributed by atoms with E-state index in [0.717, 1.165) is 9.55 Å². The fourth-order valence-corrected chi connectivity index (χ4v) is 2.56. The molecule has 0 saturated carbocycles. The highest BCUT2D eigenvalue weighted by Gasteiger charge is 2.44. The van der Waals surface area contributed by atoms with Gasteiger partial charge in [-0.15, -0.1) is 0 Å². The summed E-state index contributed by atoms with van der Waals surface area (Å²) in [5.74, 6) is -41.0. The Labute approximate surface area is 249 Å². The highest BCUT2D eigenvalue weighted by molar-refractivity contribution is 6.80. The lowest BCUT2D eigenvalue weighted by Crippen LogP contribution is -2.16. The van der Waals surface area contributed by atoms with Crippen LogP contribution in [-0.4, -0.2) is 9.55 Å². The normalized spacial score (nSPS) is 11.7. The molecule has 0 aliphatic rings. The molecule has 0 N–H and O–H groups in total. The highest BCUT2D eigenvalue weighted by atomic mass is 35.6. The highest BCUT2D eigenvalue weighted by Crippen LogP contribution is 2.38. The molecule has 0 spiro atoms. The number of benzene rings is 3. The number of halogens is 25. The minimum atomic E-state index is -5.65. The summed E-state index contributed by atoms with van der Waals surface area (Å²) in [5.41, 5.74) is -8.38. The van der Waals surface area contributed by atoms with E-state index >= 15 is 0 Å². The lowest BCUT2D eigenvalue weighted by atomic mass is 10.1. The molecule has 266 valence electrons. The average molecular weight is 775 g/mol. The van der Waals surface area contributed by atoms with Crippen LogP contribution in [0.25, 0.3) is 0 Å². The van der Waals surface area contributed by atoms with Gasteiger partial charge >= 0.3 is 18.5 Å². The van der Waals surface area contributed by atoms with Gasteiger partial charge in [0.1, 0.15) is 26.2 Å². The molecule has 0 fully saturated rings. The molecule has 26 heteroatoms. The molecule has 0 aliphatic carbocycles. The molecule has 0 heterocycles. The Morgan fingerprint density at radius 2 is 0.319 bits per heavy atom. The Morgan fingerprint density at radius 1 is 0.234 bits per heavy atom. The summed E-state index contributed by atoms with van der Waals surface area (Å²) in [6, 6.07) is 0. The van der Waals surface area contributed by atoms with Gasteiger partial charge in [-0.2, -0.15) is 50.6 Å². The van der Waals surface area contributed by atoms with Gasteiger partial charge < -0.3 is 0 Å². The Bertz CT molecular complexity index is 1330. The molecule has 0 saturated heterocycles. The van der Waals surface area contributed by atoms with E-state index in [1.54, 1.807) is 0 Å². The van der Waals surface area contributed by atoms with Crippen molar-refractivity contribution in [3.8, 4) is 0 Å². The number of hydrogen-bond donors (Lipinski definition) is 0. The second kappa shape index (κ2) is 15.6. The van der Waals surface area contributed by atoms with Crippen molar-refractivity contribution in [3.63, 3.8) is 0 Å². The van der Waals surface area contributed by atoms with Crippen molar-refractivity contribution in [2.75, 3.05) is 0 Å². The SMILES string of the molecule is Fc1c(F)c(F)c(C(F)(F)F)c(F)c1F.Fc1c(F)c(F)c(C(F)(F)F)c(F)c1F.Fc1c(F)c(F)c(C(F)(F)F)c(F)c1F.[SiH3]Cl. The first-order valence-corrected chi connectivity index (χ1v) is 13.2. The van der Waals surface area contributed by atoms with Crippen molar-refractivity contribution in [2.45, 2.75) is 18.5 Å². The Morgan fingerprint density at radius 3 is 0.404 bits per heavy atom. The summed E-state index contributed by atoms with van der Waals surface area (Å²) in [6.45, 7) is 0. The first kappa shape index (κ1) is 43.5. The van der Waals surface area contributed by atoms with Gasteiger partial charge in [0.05, 0.1) is 0 Å². The maximum Gasteiger partial charge on any atom is 0.422 e. The van der Waals surface area contributed by atoms with Crippen molar-refractivity contribution < 1.29 is 105 Å². The summed E-state index contributed by atoms with van der Waals surface area (Å²) >= 11 is 4.78. The fourth-order valence-electron chi connectivity index (χ4n) is 2.56. The van der Waals surface area contributed by atoms with Gasteiger partial charge in [0, 0.05) is 0 Å². The summed E-state index contributed by atoms with van der Waals surface area (Å²) in [7, 11) is 0.778. The van der Waals surface area contributed by atoms with E-state index in [1.807, 2.05) is 0 Å². The lowest BCUT2D eigenvalue weighted by molar-refractivity contribution is -0.144. The van der Waals surface area contributed by atoms with Crippen molar-refractivity contribution in [1.29, 1.82) is 0 Å². The predicted octanol–water partition coefficient (Wildman–Crippen LogP) is 9.71. The second-order valence-electron chi connectivity index (χ2n) is 7.33. The molecule has 0 bridgehead atoms. The molecule has 0 atom stereocenters. The van der Waals surface area contributed by atoms with Crippen molar-refractivity contribution in [2.24, 2.45) is 0 Å². The van der Waals surface area contributed by atoms with Crippen molar-refractivity contribution in [1.82, 2.24) is 0 Å². The summed E-state index contributed by atoms with van der Waals surface area (Å²) in [4.78, 5) is 0. The summed E-state index contributed by atoms with van der Waals surface area (Å²) < 4.78 is 292.